The van der Waals surface area contributed by atoms with Gasteiger partial charge in [-0.1, -0.05) is 6.07 Å². The molecular weight excluding hydrogens is 340 g/mol. The van der Waals surface area contributed by atoms with Crippen molar-refractivity contribution in [3.05, 3.63) is 58.0 Å². The lowest BCUT2D eigenvalue weighted by molar-refractivity contribution is -0.385. The van der Waals surface area contributed by atoms with Crippen LogP contribution in [0.15, 0.2) is 45.9 Å². The molecule has 7 nitrogen and oxygen atoms in total. The molecule has 0 aliphatic carbocycles. The Labute approximate surface area is 138 Å². The summed E-state index contributed by atoms with van der Waals surface area (Å²) in [7, 11) is -3.77. The lowest BCUT2D eigenvalue weighted by Crippen LogP contribution is -2.26. The molecule has 1 aromatic carbocycles. The lowest BCUT2D eigenvalue weighted by Gasteiger charge is -2.09. The van der Waals surface area contributed by atoms with Crippen molar-refractivity contribution in [1.82, 2.24) is 4.72 Å². The van der Waals surface area contributed by atoms with Gasteiger partial charge < -0.3 is 4.42 Å². The third-order valence-electron chi connectivity index (χ3n) is 3.03. The summed E-state index contributed by atoms with van der Waals surface area (Å²) in [6.45, 7) is 1.83. The second kappa shape index (κ2) is 7.62. The van der Waals surface area contributed by atoms with E-state index in [1.807, 2.05) is 6.07 Å². The zero-order valence-electron chi connectivity index (χ0n) is 12.4. The van der Waals surface area contributed by atoms with Gasteiger partial charge in [-0.2, -0.15) is 11.8 Å². The molecule has 1 aromatic heterocycles. The fourth-order valence-corrected chi connectivity index (χ4v) is 4.06. The number of thioether (sulfide) groups is 1. The van der Waals surface area contributed by atoms with Crippen LogP contribution in [0.25, 0.3) is 0 Å². The standard InChI is InChI=1S/C14H16N2O5S2/c1-11-4-5-12(16(17)18)9-14(11)23(19,20)15-6-8-22-10-13-3-2-7-21-13/h2-5,7,9,15H,6,8,10H2,1H3. The molecule has 124 valence electrons. The molecule has 0 saturated carbocycles. The van der Waals surface area contributed by atoms with E-state index in [1.54, 1.807) is 19.3 Å². The number of nitro groups is 1. The Balaban J connectivity index is 1.93. The van der Waals surface area contributed by atoms with Crippen LogP contribution in [0, 0.1) is 17.0 Å². The molecule has 0 atom stereocenters. The fraction of sp³-hybridized carbons (Fsp3) is 0.286. The van der Waals surface area contributed by atoms with Gasteiger partial charge in [-0.3, -0.25) is 10.1 Å². The van der Waals surface area contributed by atoms with Gasteiger partial charge >= 0.3 is 0 Å². The molecule has 0 aliphatic rings. The second-order valence-corrected chi connectivity index (χ2v) is 7.58. The third kappa shape index (κ3) is 4.81. The molecule has 1 heterocycles. The van der Waals surface area contributed by atoms with E-state index in [9.17, 15) is 18.5 Å². The van der Waals surface area contributed by atoms with Crippen molar-refractivity contribution in [3.63, 3.8) is 0 Å². The summed E-state index contributed by atoms with van der Waals surface area (Å²) < 4.78 is 32.2. The number of nitro benzene ring substituents is 1. The summed E-state index contributed by atoms with van der Waals surface area (Å²) in [4.78, 5) is 10.1. The van der Waals surface area contributed by atoms with E-state index in [4.69, 9.17) is 4.42 Å². The van der Waals surface area contributed by atoms with Gasteiger partial charge in [0.15, 0.2) is 0 Å². The highest BCUT2D eigenvalue weighted by molar-refractivity contribution is 7.98. The number of rotatable bonds is 8. The lowest BCUT2D eigenvalue weighted by atomic mass is 10.2. The van der Waals surface area contributed by atoms with E-state index in [0.717, 1.165) is 11.8 Å². The van der Waals surface area contributed by atoms with Crippen molar-refractivity contribution in [2.24, 2.45) is 0 Å². The summed E-state index contributed by atoms with van der Waals surface area (Å²) in [6, 6.07) is 7.44. The number of aryl methyl sites for hydroxylation is 1. The molecule has 0 amide bonds. The van der Waals surface area contributed by atoms with Crippen LogP contribution in [0.1, 0.15) is 11.3 Å². The molecule has 0 spiro atoms. The Bertz CT molecular complexity index is 772. The van der Waals surface area contributed by atoms with Crippen LogP contribution in [0.2, 0.25) is 0 Å². The molecule has 9 heteroatoms. The Morgan fingerprint density at radius 2 is 2.13 bits per heavy atom. The summed E-state index contributed by atoms with van der Waals surface area (Å²) in [5, 5.41) is 10.8. The number of nitrogens with zero attached hydrogens (tertiary/aromatic N) is 1. The number of nitrogens with one attached hydrogen (secondary N) is 1. The monoisotopic (exact) mass is 356 g/mol. The zero-order chi connectivity index (χ0) is 16.9. The molecule has 0 saturated heterocycles. The molecule has 2 rings (SSSR count). The minimum atomic E-state index is -3.77. The first-order valence-corrected chi connectivity index (χ1v) is 9.39. The van der Waals surface area contributed by atoms with E-state index in [-0.39, 0.29) is 17.1 Å². The van der Waals surface area contributed by atoms with Gasteiger partial charge in [-0.05, 0) is 24.6 Å². The van der Waals surface area contributed by atoms with Crippen LogP contribution in [-0.4, -0.2) is 25.6 Å². The van der Waals surface area contributed by atoms with Crippen LogP contribution in [0.4, 0.5) is 5.69 Å². The average molecular weight is 356 g/mol. The summed E-state index contributed by atoms with van der Waals surface area (Å²) in [5.74, 6) is 2.05. The highest BCUT2D eigenvalue weighted by Crippen LogP contribution is 2.21. The van der Waals surface area contributed by atoms with Crippen LogP contribution >= 0.6 is 11.8 Å². The first-order chi connectivity index (χ1) is 10.9. The summed E-state index contributed by atoms with van der Waals surface area (Å²) in [5.41, 5.74) is 0.217. The van der Waals surface area contributed by atoms with Crippen LogP contribution in [0.5, 0.6) is 0 Å². The van der Waals surface area contributed by atoms with Crippen LogP contribution in [0.3, 0.4) is 0 Å². The molecular formula is C14H16N2O5S2. The minimum Gasteiger partial charge on any atom is -0.468 e. The van der Waals surface area contributed by atoms with Crippen molar-refractivity contribution in [1.29, 1.82) is 0 Å². The van der Waals surface area contributed by atoms with Gasteiger partial charge in [0.25, 0.3) is 5.69 Å². The Kier molecular flexibility index (Phi) is 5.80. The summed E-state index contributed by atoms with van der Waals surface area (Å²) in [6.07, 6.45) is 1.59. The average Bonchev–Trinajstić information content (AvgIpc) is 3.00. The minimum absolute atomic E-state index is 0.0669. The van der Waals surface area contributed by atoms with Crippen molar-refractivity contribution in [3.8, 4) is 0 Å². The largest absolute Gasteiger partial charge is 0.468 e. The number of furan rings is 1. The molecule has 23 heavy (non-hydrogen) atoms. The SMILES string of the molecule is Cc1ccc([N+](=O)[O-])cc1S(=O)(=O)NCCSCc1ccco1. The maximum atomic E-state index is 12.3. The molecule has 0 unspecified atom stereocenters. The Morgan fingerprint density at radius 1 is 1.35 bits per heavy atom. The molecule has 2 aromatic rings. The molecule has 0 bridgehead atoms. The van der Waals surface area contributed by atoms with Gasteiger partial charge in [-0.25, -0.2) is 13.1 Å². The Morgan fingerprint density at radius 3 is 2.78 bits per heavy atom. The maximum absolute atomic E-state index is 12.3. The molecule has 1 N–H and O–H groups in total. The molecule has 0 fully saturated rings. The fourth-order valence-electron chi connectivity index (χ4n) is 1.89. The zero-order valence-corrected chi connectivity index (χ0v) is 14.0. The van der Waals surface area contributed by atoms with E-state index in [2.05, 4.69) is 4.72 Å². The number of hydrogen-bond acceptors (Lipinski definition) is 6. The van der Waals surface area contributed by atoms with E-state index >= 15 is 0 Å². The van der Waals surface area contributed by atoms with Crippen LogP contribution in [-0.2, 0) is 15.8 Å². The normalized spacial score (nSPS) is 11.5. The predicted octanol–water partition coefficient (Wildman–Crippen LogP) is 2.71. The van der Waals surface area contributed by atoms with Gasteiger partial charge in [0.1, 0.15) is 5.76 Å². The van der Waals surface area contributed by atoms with E-state index < -0.39 is 14.9 Å². The van der Waals surface area contributed by atoms with Crippen molar-refractivity contribution < 1.29 is 17.8 Å². The van der Waals surface area contributed by atoms with Crippen molar-refractivity contribution >= 4 is 27.5 Å². The van der Waals surface area contributed by atoms with Crippen molar-refractivity contribution in [2.75, 3.05) is 12.3 Å². The third-order valence-corrected chi connectivity index (χ3v) is 5.62. The van der Waals surface area contributed by atoms with Crippen molar-refractivity contribution in [2.45, 2.75) is 17.6 Å². The highest BCUT2D eigenvalue weighted by atomic mass is 32.2. The first-order valence-electron chi connectivity index (χ1n) is 6.75. The smallest absolute Gasteiger partial charge is 0.270 e. The van der Waals surface area contributed by atoms with E-state index in [1.165, 1.54) is 23.9 Å². The van der Waals surface area contributed by atoms with Gasteiger partial charge in [-0.15, -0.1) is 0 Å². The summed E-state index contributed by atoms with van der Waals surface area (Å²) >= 11 is 1.53. The number of benzene rings is 1. The highest BCUT2D eigenvalue weighted by Gasteiger charge is 2.19. The Hall–Kier alpha value is -1.84. The number of hydrogen-bond donors (Lipinski definition) is 1. The number of non-ortho nitro benzene ring substituents is 1. The van der Waals surface area contributed by atoms with E-state index in [0.29, 0.717) is 17.1 Å². The molecule has 0 radical (unpaired) electrons. The quantitative estimate of drug-likeness (QED) is 0.443. The first kappa shape index (κ1) is 17.5. The topological polar surface area (TPSA) is 102 Å². The van der Waals surface area contributed by atoms with Gasteiger partial charge in [0.2, 0.25) is 10.0 Å². The van der Waals surface area contributed by atoms with Gasteiger partial charge in [0.05, 0.1) is 21.8 Å². The van der Waals surface area contributed by atoms with Gasteiger partial charge in [0, 0.05) is 24.4 Å². The predicted molar refractivity (Wildman–Crippen MR) is 87.9 cm³/mol. The van der Waals surface area contributed by atoms with Crippen LogP contribution < -0.4 is 4.72 Å². The number of sulfonamides is 1. The molecule has 0 aliphatic heterocycles. The maximum Gasteiger partial charge on any atom is 0.270 e. The second-order valence-electron chi connectivity index (χ2n) is 4.74.